The smallest absolute Gasteiger partial charge is 0.238 e. The molecule has 1 N–H and O–H groups in total. The molecule has 1 saturated heterocycles. The van der Waals surface area contributed by atoms with E-state index in [0.717, 1.165) is 77.4 Å². The van der Waals surface area contributed by atoms with Crippen molar-refractivity contribution in [1.82, 2.24) is 14.2 Å². The quantitative estimate of drug-likeness (QED) is 0.345. The first-order valence-electron chi connectivity index (χ1n) is 12.6. The largest absolute Gasteiger partial charge is 0.325 e. The number of hydrogen-bond acceptors (Lipinski definition) is 7. The van der Waals surface area contributed by atoms with Crippen LogP contribution in [-0.4, -0.2) is 52.8 Å². The molecule has 1 fully saturated rings. The van der Waals surface area contributed by atoms with Gasteiger partial charge in [-0.05, 0) is 47.3 Å². The first-order valence-corrected chi connectivity index (χ1v) is 13.7. The average molecular weight is 529 g/mol. The van der Waals surface area contributed by atoms with E-state index in [1.165, 1.54) is 17.1 Å². The van der Waals surface area contributed by atoms with Crippen LogP contribution in [0, 0.1) is 0 Å². The fourth-order valence-electron chi connectivity index (χ4n) is 5.66. The van der Waals surface area contributed by atoms with E-state index in [2.05, 4.69) is 47.9 Å². The maximum Gasteiger partial charge on any atom is 0.238 e. The highest BCUT2D eigenvalue weighted by molar-refractivity contribution is 7.13. The topological polar surface area (TPSA) is 73.2 Å². The Labute approximate surface area is 223 Å². The van der Waals surface area contributed by atoms with E-state index in [9.17, 15) is 4.79 Å². The zero-order valence-corrected chi connectivity index (χ0v) is 21.7. The zero-order chi connectivity index (χ0) is 24.9. The third-order valence-corrected chi connectivity index (χ3v) is 8.86. The van der Waals surface area contributed by atoms with E-state index in [1.807, 2.05) is 42.5 Å². The zero-order valence-electron chi connectivity index (χ0n) is 20.1. The Morgan fingerprint density at radius 2 is 1.81 bits per heavy atom. The summed E-state index contributed by atoms with van der Waals surface area (Å²) in [4.78, 5) is 17.9. The molecule has 9 heteroatoms. The van der Waals surface area contributed by atoms with Gasteiger partial charge in [0.05, 0.1) is 16.1 Å². The summed E-state index contributed by atoms with van der Waals surface area (Å²) in [6.07, 6.45) is 0.866. The highest BCUT2D eigenvalue weighted by Crippen LogP contribution is 2.42. The van der Waals surface area contributed by atoms with Gasteiger partial charge < -0.3 is 10.2 Å². The van der Waals surface area contributed by atoms with Crippen LogP contribution in [0.25, 0.3) is 10.1 Å². The van der Waals surface area contributed by atoms with Crippen molar-refractivity contribution in [2.75, 3.05) is 38.0 Å². The Morgan fingerprint density at radius 1 is 1.00 bits per heavy atom. The monoisotopic (exact) mass is 528 g/mol. The third-order valence-electron chi connectivity index (χ3n) is 7.67. The van der Waals surface area contributed by atoms with Crippen LogP contribution in [0.3, 0.4) is 0 Å². The second kappa shape index (κ2) is 9.29. The lowest BCUT2D eigenvalue weighted by Gasteiger charge is -2.36. The van der Waals surface area contributed by atoms with Gasteiger partial charge in [-0.3, -0.25) is 9.69 Å². The van der Waals surface area contributed by atoms with Crippen LogP contribution in [0.2, 0.25) is 5.02 Å². The highest BCUT2D eigenvalue weighted by atomic mass is 35.5. The molecule has 0 radical (unpaired) electrons. The van der Waals surface area contributed by atoms with Crippen molar-refractivity contribution in [3.63, 3.8) is 0 Å². The molecular formula is C28H25ClN6OS. The minimum atomic E-state index is -0.408. The molecule has 3 aliphatic heterocycles. The molecule has 1 amide bonds. The Hall–Kier alpha value is -3.17. The molecule has 0 spiro atoms. The number of halogens is 1. The summed E-state index contributed by atoms with van der Waals surface area (Å²) in [7, 11) is 0. The number of carbonyl (C=O) groups excluding carboxylic acids is 1. The third kappa shape index (κ3) is 4.05. The van der Waals surface area contributed by atoms with Gasteiger partial charge in [-0.15, -0.1) is 0 Å². The molecular weight excluding hydrogens is 504 g/mol. The van der Waals surface area contributed by atoms with Crippen LogP contribution in [0.1, 0.15) is 34.5 Å². The number of rotatable bonds is 5. The summed E-state index contributed by atoms with van der Waals surface area (Å²) in [6.45, 7) is 4.77. The minimum Gasteiger partial charge on any atom is -0.325 e. The molecule has 0 aliphatic carbocycles. The van der Waals surface area contributed by atoms with Crippen molar-refractivity contribution in [3.8, 4) is 0 Å². The number of piperazine rings is 1. The lowest BCUT2D eigenvalue weighted by atomic mass is 9.93. The standard InChI is InChI=1S/C28H25ClN6OS/c29-21-16-23-20(25(28(36)30-23)26-19-6-2-4-8-24(19)37-33-26)15-17(21)9-10-34-11-13-35(14-12-34)27-18-5-1-3-7-22(18)31-32-27/h1-8,15-16,25,27H,9-14H2,(H,30,36). The van der Waals surface area contributed by atoms with Gasteiger partial charge in [-0.1, -0.05) is 54.1 Å². The summed E-state index contributed by atoms with van der Waals surface area (Å²) in [5.41, 5.74) is 5.84. The second-order valence-electron chi connectivity index (χ2n) is 9.79. The number of aromatic nitrogens is 1. The maximum absolute atomic E-state index is 13.0. The molecule has 7 nitrogen and oxygen atoms in total. The molecule has 2 unspecified atom stereocenters. The summed E-state index contributed by atoms with van der Waals surface area (Å²) in [5, 5.41) is 13.6. The van der Waals surface area contributed by atoms with Gasteiger partial charge in [-0.2, -0.15) is 14.6 Å². The van der Waals surface area contributed by atoms with Gasteiger partial charge in [0.25, 0.3) is 0 Å². The first kappa shape index (κ1) is 23.0. The predicted octanol–water partition coefficient (Wildman–Crippen LogP) is 5.99. The Kier molecular flexibility index (Phi) is 5.77. The van der Waals surface area contributed by atoms with E-state index < -0.39 is 5.92 Å². The van der Waals surface area contributed by atoms with E-state index in [4.69, 9.17) is 11.6 Å². The van der Waals surface area contributed by atoms with Crippen LogP contribution >= 0.6 is 23.1 Å². The lowest BCUT2D eigenvalue weighted by Crippen LogP contribution is -2.47. The number of carbonyl (C=O) groups is 1. The van der Waals surface area contributed by atoms with E-state index in [0.29, 0.717) is 5.02 Å². The molecule has 7 rings (SSSR count). The van der Waals surface area contributed by atoms with E-state index >= 15 is 0 Å². The fraction of sp³-hybridized carbons (Fsp3) is 0.286. The highest BCUT2D eigenvalue weighted by Gasteiger charge is 2.36. The molecule has 37 heavy (non-hydrogen) atoms. The van der Waals surface area contributed by atoms with Crippen molar-refractivity contribution in [1.29, 1.82) is 0 Å². The van der Waals surface area contributed by atoms with Gasteiger partial charge in [0.2, 0.25) is 5.91 Å². The van der Waals surface area contributed by atoms with Crippen LogP contribution in [0.4, 0.5) is 11.4 Å². The van der Waals surface area contributed by atoms with Crippen LogP contribution in [0.5, 0.6) is 0 Å². The molecule has 3 aliphatic rings. The number of anilines is 1. The Morgan fingerprint density at radius 3 is 2.70 bits per heavy atom. The van der Waals surface area contributed by atoms with E-state index in [1.54, 1.807) is 0 Å². The van der Waals surface area contributed by atoms with Gasteiger partial charge in [0, 0.05) is 54.4 Å². The van der Waals surface area contributed by atoms with Gasteiger partial charge in [0.1, 0.15) is 5.92 Å². The van der Waals surface area contributed by atoms with E-state index in [-0.39, 0.29) is 12.1 Å². The first-order chi connectivity index (χ1) is 18.2. The molecule has 2 atom stereocenters. The number of nitrogens with zero attached hydrogens (tertiary/aromatic N) is 5. The normalized spacial score (nSPS) is 21.4. The summed E-state index contributed by atoms with van der Waals surface area (Å²) in [6, 6.07) is 20.3. The van der Waals surface area contributed by atoms with Crippen LogP contribution in [0.15, 0.2) is 70.9 Å². The molecule has 0 bridgehead atoms. The number of hydrogen-bond donors (Lipinski definition) is 1. The van der Waals surface area contributed by atoms with Crippen molar-refractivity contribution in [3.05, 3.63) is 88.1 Å². The molecule has 4 aromatic rings. The number of fused-ring (bicyclic) bond motifs is 3. The van der Waals surface area contributed by atoms with Crippen molar-refractivity contribution < 1.29 is 4.79 Å². The van der Waals surface area contributed by atoms with Crippen molar-refractivity contribution in [2.45, 2.75) is 18.5 Å². The molecule has 1 aromatic heterocycles. The SMILES string of the molecule is O=C1Nc2cc(Cl)c(CCN3CCN(C4N=Nc5ccccc54)CC3)cc2C1c1nsc2ccccc12. The van der Waals surface area contributed by atoms with Gasteiger partial charge in [0.15, 0.2) is 6.17 Å². The summed E-state index contributed by atoms with van der Waals surface area (Å²) < 4.78 is 5.76. The van der Waals surface area contributed by atoms with Crippen molar-refractivity contribution in [2.24, 2.45) is 10.2 Å². The lowest BCUT2D eigenvalue weighted by molar-refractivity contribution is -0.116. The van der Waals surface area contributed by atoms with Gasteiger partial charge in [-0.25, -0.2) is 0 Å². The van der Waals surface area contributed by atoms with Crippen molar-refractivity contribution >= 4 is 50.5 Å². The summed E-state index contributed by atoms with van der Waals surface area (Å²) in [5.74, 6) is -0.449. The van der Waals surface area contributed by atoms with Crippen LogP contribution < -0.4 is 5.32 Å². The Bertz CT molecular complexity index is 1540. The number of azo groups is 1. The molecule has 186 valence electrons. The second-order valence-corrected chi connectivity index (χ2v) is 11.0. The molecule has 0 saturated carbocycles. The number of nitrogens with one attached hydrogen (secondary N) is 1. The number of benzene rings is 3. The Balaban J connectivity index is 1.05. The van der Waals surface area contributed by atoms with Crippen LogP contribution in [-0.2, 0) is 11.2 Å². The average Bonchev–Trinajstić information content (AvgIpc) is 3.62. The summed E-state index contributed by atoms with van der Waals surface area (Å²) >= 11 is 8.12. The maximum atomic E-state index is 13.0. The molecule has 3 aromatic carbocycles. The van der Waals surface area contributed by atoms with Gasteiger partial charge >= 0.3 is 0 Å². The fourth-order valence-corrected chi connectivity index (χ4v) is 6.73. The molecule has 4 heterocycles. The minimum absolute atomic E-state index is 0.0354. The predicted molar refractivity (Wildman–Crippen MR) is 147 cm³/mol. The number of amides is 1.